The van der Waals surface area contributed by atoms with Gasteiger partial charge in [-0.25, -0.2) is 4.79 Å². The van der Waals surface area contributed by atoms with E-state index in [1.54, 1.807) is 6.92 Å². The lowest BCUT2D eigenvalue weighted by molar-refractivity contribution is 0.209. The summed E-state index contributed by atoms with van der Waals surface area (Å²) in [6, 6.07) is 2.90. The zero-order chi connectivity index (χ0) is 13.5. The largest absolute Gasteiger partial charge is 0.490 e. The third-order valence-corrected chi connectivity index (χ3v) is 2.14. The quantitative estimate of drug-likeness (QED) is 0.807. The third kappa shape index (κ3) is 3.75. The van der Waals surface area contributed by atoms with Crippen LogP contribution < -0.4 is 14.8 Å². The van der Waals surface area contributed by atoms with E-state index in [1.165, 1.54) is 12.1 Å². The van der Waals surface area contributed by atoms with E-state index < -0.39 is 6.09 Å². The summed E-state index contributed by atoms with van der Waals surface area (Å²) >= 11 is 5.98. The van der Waals surface area contributed by atoms with Gasteiger partial charge in [-0.2, -0.15) is 0 Å². The van der Waals surface area contributed by atoms with Gasteiger partial charge in [0.25, 0.3) is 0 Å². The third-order valence-electron chi connectivity index (χ3n) is 1.86. The normalized spacial score (nSPS) is 9.39. The summed E-state index contributed by atoms with van der Waals surface area (Å²) < 4.78 is 10.6. The lowest BCUT2D eigenvalue weighted by Gasteiger charge is -2.13. The van der Waals surface area contributed by atoms with Crippen LogP contribution in [-0.4, -0.2) is 24.4 Å². The molecular weight excluding hydrogens is 258 g/mol. The molecule has 0 bridgehead atoms. The first-order chi connectivity index (χ1) is 8.58. The van der Waals surface area contributed by atoms with Crippen molar-refractivity contribution in [3.63, 3.8) is 0 Å². The van der Waals surface area contributed by atoms with Gasteiger partial charge in [0.05, 0.1) is 11.6 Å². The molecule has 2 N–H and O–H groups in total. The van der Waals surface area contributed by atoms with E-state index in [2.05, 4.69) is 11.2 Å². The minimum absolute atomic E-state index is 0.0471. The first kappa shape index (κ1) is 14.0. The number of rotatable bonds is 5. The van der Waals surface area contributed by atoms with Gasteiger partial charge in [-0.15, -0.1) is 6.42 Å². The molecule has 1 aromatic carbocycles. The monoisotopic (exact) mass is 269 g/mol. The van der Waals surface area contributed by atoms with Crippen molar-refractivity contribution in [2.45, 2.75) is 6.92 Å². The van der Waals surface area contributed by atoms with Crippen LogP contribution in [0.4, 0.5) is 10.5 Å². The summed E-state index contributed by atoms with van der Waals surface area (Å²) in [7, 11) is 0. The number of carboxylic acid groups (broad SMARTS) is 1. The molecule has 0 aliphatic carbocycles. The van der Waals surface area contributed by atoms with E-state index in [0.29, 0.717) is 23.8 Å². The number of benzene rings is 1. The Bertz CT molecular complexity index is 482. The number of carbonyl (C=O) groups is 1. The van der Waals surface area contributed by atoms with Gasteiger partial charge >= 0.3 is 6.09 Å². The molecule has 0 fully saturated rings. The highest BCUT2D eigenvalue weighted by Crippen LogP contribution is 2.38. The van der Waals surface area contributed by atoms with Gasteiger partial charge < -0.3 is 14.6 Å². The number of hydrogen-bond acceptors (Lipinski definition) is 3. The minimum atomic E-state index is -1.19. The molecule has 18 heavy (non-hydrogen) atoms. The van der Waals surface area contributed by atoms with Crippen molar-refractivity contribution in [1.29, 1.82) is 0 Å². The number of halogens is 1. The van der Waals surface area contributed by atoms with Crippen LogP contribution in [0.1, 0.15) is 6.92 Å². The summed E-state index contributed by atoms with van der Waals surface area (Å²) in [6.45, 7) is 2.22. The summed E-state index contributed by atoms with van der Waals surface area (Å²) in [5, 5.41) is 11.0. The first-order valence-electron chi connectivity index (χ1n) is 5.11. The molecule has 96 valence electrons. The molecule has 0 atom stereocenters. The second kappa shape index (κ2) is 6.62. The molecule has 5 nitrogen and oxygen atoms in total. The maximum atomic E-state index is 10.6. The zero-order valence-corrected chi connectivity index (χ0v) is 10.5. The Labute approximate surface area is 110 Å². The first-order valence-corrected chi connectivity index (χ1v) is 5.48. The topological polar surface area (TPSA) is 67.8 Å². The molecule has 0 unspecified atom stereocenters. The SMILES string of the molecule is C#CCOc1c(Cl)cc(NC(=O)O)cc1OCC. The maximum absolute atomic E-state index is 10.6. The van der Waals surface area contributed by atoms with Crippen LogP contribution in [0.25, 0.3) is 0 Å². The average molecular weight is 270 g/mol. The van der Waals surface area contributed by atoms with Crippen molar-refractivity contribution in [2.75, 3.05) is 18.5 Å². The van der Waals surface area contributed by atoms with Gasteiger partial charge in [0.1, 0.15) is 6.61 Å². The number of terminal acetylenes is 1. The van der Waals surface area contributed by atoms with Gasteiger partial charge in [0.15, 0.2) is 11.5 Å². The van der Waals surface area contributed by atoms with Crippen molar-refractivity contribution in [3.05, 3.63) is 17.2 Å². The number of anilines is 1. The van der Waals surface area contributed by atoms with Crippen LogP contribution in [-0.2, 0) is 0 Å². The molecule has 0 aromatic heterocycles. The van der Waals surface area contributed by atoms with Crippen LogP contribution in [0.15, 0.2) is 12.1 Å². The zero-order valence-electron chi connectivity index (χ0n) is 9.70. The fraction of sp³-hybridized carbons (Fsp3) is 0.250. The van der Waals surface area contributed by atoms with E-state index in [1.807, 2.05) is 0 Å². The van der Waals surface area contributed by atoms with Gasteiger partial charge in [-0.1, -0.05) is 17.5 Å². The molecule has 0 aliphatic heterocycles. The standard InChI is InChI=1S/C12H12ClNO4/c1-3-5-18-11-9(13)6-8(14-12(15)16)7-10(11)17-4-2/h1,6-7,14H,4-5H2,2H3,(H,15,16). The second-order valence-corrected chi connectivity index (χ2v) is 3.55. The van der Waals surface area contributed by atoms with Crippen LogP contribution in [0, 0.1) is 12.3 Å². The average Bonchev–Trinajstić information content (AvgIpc) is 2.27. The van der Waals surface area contributed by atoms with Crippen molar-refractivity contribution in [1.82, 2.24) is 0 Å². The van der Waals surface area contributed by atoms with Crippen LogP contribution >= 0.6 is 11.6 Å². The molecule has 0 saturated carbocycles. The molecule has 0 spiro atoms. The van der Waals surface area contributed by atoms with Crippen LogP contribution in [0.3, 0.4) is 0 Å². The Kier molecular flexibility index (Phi) is 5.15. The molecule has 0 heterocycles. The molecule has 1 aromatic rings. The molecule has 0 radical (unpaired) electrons. The van der Waals surface area contributed by atoms with Crippen LogP contribution in [0.2, 0.25) is 5.02 Å². The fourth-order valence-electron chi connectivity index (χ4n) is 1.28. The minimum Gasteiger partial charge on any atom is -0.490 e. The summed E-state index contributed by atoms with van der Waals surface area (Å²) in [6.07, 6.45) is 3.91. The summed E-state index contributed by atoms with van der Waals surface area (Å²) in [5.74, 6) is 2.95. The van der Waals surface area contributed by atoms with E-state index in [-0.39, 0.29) is 11.6 Å². The number of ether oxygens (including phenoxy) is 2. The van der Waals surface area contributed by atoms with Gasteiger partial charge in [-0.05, 0) is 13.0 Å². The fourth-order valence-corrected chi connectivity index (χ4v) is 1.55. The van der Waals surface area contributed by atoms with E-state index in [0.717, 1.165) is 0 Å². The van der Waals surface area contributed by atoms with Crippen LogP contribution in [0.5, 0.6) is 11.5 Å². The Morgan fingerprint density at radius 3 is 2.83 bits per heavy atom. The highest BCUT2D eigenvalue weighted by atomic mass is 35.5. The smallest absolute Gasteiger partial charge is 0.409 e. The highest BCUT2D eigenvalue weighted by molar-refractivity contribution is 6.32. The van der Waals surface area contributed by atoms with Gasteiger partial charge in [0.2, 0.25) is 0 Å². The van der Waals surface area contributed by atoms with Gasteiger partial charge in [0, 0.05) is 11.8 Å². The van der Waals surface area contributed by atoms with Gasteiger partial charge in [-0.3, -0.25) is 5.32 Å². The Balaban J connectivity index is 3.09. The molecule has 1 rings (SSSR count). The number of hydrogen-bond donors (Lipinski definition) is 2. The van der Waals surface area contributed by atoms with Crippen molar-refractivity contribution in [2.24, 2.45) is 0 Å². The van der Waals surface area contributed by atoms with Crippen molar-refractivity contribution < 1.29 is 19.4 Å². The maximum Gasteiger partial charge on any atom is 0.409 e. The van der Waals surface area contributed by atoms with E-state index in [9.17, 15) is 4.79 Å². The Morgan fingerprint density at radius 1 is 1.56 bits per heavy atom. The molecule has 6 heteroatoms. The number of nitrogens with one attached hydrogen (secondary N) is 1. The highest BCUT2D eigenvalue weighted by Gasteiger charge is 2.13. The summed E-state index contributed by atoms with van der Waals surface area (Å²) in [5.41, 5.74) is 0.295. The molecule has 1 amide bonds. The lowest BCUT2D eigenvalue weighted by atomic mass is 10.2. The van der Waals surface area contributed by atoms with Crippen molar-refractivity contribution in [3.8, 4) is 23.8 Å². The second-order valence-electron chi connectivity index (χ2n) is 3.14. The van der Waals surface area contributed by atoms with E-state index in [4.69, 9.17) is 32.6 Å². The summed E-state index contributed by atoms with van der Waals surface area (Å²) in [4.78, 5) is 10.6. The predicted molar refractivity (Wildman–Crippen MR) is 68.6 cm³/mol. The van der Waals surface area contributed by atoms with E-state index >= 15 is 0 Å². The van der Waals surface area contributed by atoms with Crippen molar-refractivity contribution >= 4 is 23.4 Å². The lowest BCUT2D eigenvalue weighted by Crippen LogP contribution is -2.08. The molecular formula is C12H12ClNO4. The molecule has 0 aliphatic rings. The Morgan fingerprint density at radius 2 is 2.28 bits per heavy atom. The Hall–Kier alpha value is -2.06. The predicted octanol–water partition coefficient (Wildman–Crippen LogP) is 2.84. The number of amides is 1. The molecule has 0 saturated heterocycles.